The van der Waals surface area contributed by atoms with Crippen molar-refractivity contribution in [3.63, 3.8) is 0 Å². The third kappa shape index (κ3) is 4.90. The molecule has 2 aromatic rings. The van der Waals surface area contributed by atoms with E-state index in [1.807, 2.05) is 0 Å². The van der Waals surface area contributed by atoms with E-state index >= 15 is 0 Å². The first-order valence-corrected chi connectivity index (χ1v) is 8.87. The largest absolute Gasteiger partial charge is 0.416 e. The summed E-state index contributed by atoms with van der Waals surface area (Å²) in [6.45, 7) is 0.577. The van der Waals surface area contributed by atoms with Crippen molar-refractivity contribution in [3.05, 3.63) is 70.8 Å². The fourth-order valence-corrected chi connectivity index (χ4v) is 3.15. The van der Waals surface area contributed by atoms with Crippen LogP contribution in [-0.2, 0) is 6.18 Å². The molecule has 9 heteroatoms. The van der Waals surface area contributed by atoms with Crippen LogP contribution in [0.1, 0.15) is 39.1 Å². The van der Waals surface area contributed by atoms with Gasteiger partial charge in [-0.25, -0.2) is 8.78 Å². The van der Waals surface area contributed by atoms with E-state index in [2.05, 4.69) is 5.32 Å². The topological polar surface area (TPSA) is 49.4 Å². The van der Waals surface area contributed by atoms with Crippen molar-refractivity contribution < 1.29 is 31.5 Å². The molecule has 1 N–H and O–H groups in total. The van der Waals surface area contributed by atoms with Crippen molar-refractivity contribution in [2.24, 2.45) is 0 Å². The van der Waals surface area contributed by atoms with Gasteiger partial charge < -0.3 is 10.2 Å². The van der Waals surface area contributed by atoms with Gasteiger partial charge in [0.25, 0.3) is 11.8 Å². The van der Waals surface area contributed by atoms with Crippen LogP contribution in [0.5, 0.6) is 0 Å². The number of likely N-dealkylation sites (tertiary alicyclic amines) is 1. The minimum atomic E-state index is -4.47. The summed E-state index contributed by atoms with van der Waals surface area (Å²) in [5.74, 6) is -2.81. The Labute approximate surface area is 163 Å². The van der Waals surface area contributed by atoms with E-state index in [1.165, 1.54) is 4.90 Å². The molecule has 3 rings (SSSR count). The van der Waals surface area contributed by atoms with E-state index in [0.717, 1.165) is 36.4 Å². The molecule has 2 aromatic carbocycles. The predicted molar refractivity (Wildman–Crippen MR) is 94.2 cm³/mol. The molecule has 0 aromatic heterocycles. The second kappa shape index (κ2) is 8.18. The Kier molecular flexibility index (Phi) is 5.86. The first-order chi connectivity index (χ1) is 13.6. The van der Waals surface area contributed by atoms with Gasteiger partial charge in [-0.1, -0.05) is 0 Å². The van der Waals surface area contributed by atoms with Crippen molar-refractivity contribution >= 4 is 11.8 Å². The number of nitrogens with zero attached hydrogens (tertiary/aromatic N) is 1. The molecule has 4 nitrogen and oxygen atoms in total. The van der Waals surface area contributed by atoms with Gasteiger partial charge in [-0.05, 0) is 49.2 Å². The molecule has 0 atom stereocenters. The second-order valence-corrected chi connectivity index (χ2v) is 6.74. The van der Waals surface area contributed by atoms with Gasteiger partial charge in [0.05, 0.1) is 11.1 Å². The molecule has 0 saturated carbocycles. The van der Waals surface area contributed by atoms with Gasteiger partial charge in [-0.2, -0.15) is 13.2 Å². The predicted octanol–water partition coefficient (Wildman–Crippen LogP) is 4.02. The molecule has 1 fully saturated rings. The van der Waals surface area contributed by atoms with Gasteiger partial charge in [0.2, 0.25) is 0 Å². The fraction of sp³-hybridized carbons (Fsp3) is 0.300. The van der Waals surface area contributed by atoms with Crippen molar-refractivity contribution in [3.8, 4) is 0 Å². The van der Waals surface area contributed by atoms with E-state index < -0.39 is 35.2 Å². The fourth-order valence-electron chi connectivity index (χ4n) is 3.15. The van der Waals surface area contributed by atoms with Crippen molar-refractivity contribution in [2.45, 2.75) is 25.1 Å². The van der Waals surface area contributed by atoms with Crippen molar-refractivity contribution in [2.75, 3.05) is 13.1 Å². The van der Waals surface area contributed by atoms with Gasteiger partial charge >= 0.3 is 6.18 Å². The molecule has 0 bridgehead atoms. The smallest absolute Gasteiger partial charge is 0.349 e. The van der Waals surface area contributed by atoms with Crippen LogP contribution in [0.25, 0.3) is 0 Å². The first-order valence-electron chi connectivity index (χ1n) is 8.87. The molecule has 1 saturated heterocycles. The summed E-state index contributed by atoms with van der Waals surface area (Å²) in [7, 11) is 0. The maximum atomic E-state index is 13.7. The zero-order chi connectivity index (χ0) is 21.2. The number of amides is 2. The summed E-state index contributed by atoms with van der Waals surface area (Å²) in [5, 5.41) is 2.65. The van der Waals surface area contributed by atoms with Crippen LogP contribution in [0.15, 0.2) is 42.5 Å². The van der Waals surface area contributed by atoms with Gasteiger partial charge in [0, 0.05) is 30.8 Å². The molecular formula is C20H17F5N2O2. The molecule has 1 aliphatic rings. The third-order valence-corrected chi connectivity index (χ3v) is 4.75. The Hall–Kier alpha value is -2.97. The summed E-state index contributed by atoms with van der Waals surface area (Å²) in [6, 6.07) is 6.36. The van der Waals surface area contributed by atoms with Crippen LogP contribution in [0.3, 0.4) is 0 Å². The lowest BCUT2D eigenvalue weighted by atomic mass is 10.0. The highest BCUT2D eigenvalue weighted by Gasteiger charge is 2.31. The number of alkyl halides is 3. The van der Waals surface area contributed by atoms with E-state index in [-0.39, 0.29) is 30.3 Å². The highest BCUT2D eigenvalue weighted by Crippen LogP contribution is 2.29. The lowest BCUT2D eigenvalue weighted by Crippen LogP contribution is -2.46. The Balaban J connectivity index is 1.56. The molecule has 0 unspecified atom stereocenters. The number of halogens is 5. The van der Waals surface area contributed by atoms with E-state index in [4.69, 9.17) is 0 Å². The monoisotopic (exact) mass is 412 g/mol. The van der Waals surface area contributed by atoms with Crippen molar-refractivity contribution in [1.29, 1.82) is 0 Å². The van der Waals surface area contributed by atoms with Crippen LogP contribution < -0.4 is 5.32 Å². The molecule has 2 amide bonds. The molecule has 1 heterocycles. The maximum Gasteiger partial charge on any atom is 0.416 e. The molecule has 0 spiro atoms. The Morgan fingerprint density at radius 1 is 0.966 bits per heavy atom. The summed E-state index contributed by atoms with van der Waals surface area (Å²) < 4.78 is 64.5. The normalized spacial score (nSPS) is 15.3. The number of hydrogen-bond acceptors (Lipinski definition) is 2. The average molecular weight is 412 g/mol. The molecule has 29 heavy (non-hydrogen) atoms. The van der Waals surface area contributed by atoms with E-state index in [1.54, 1.807) is 0 Å². The number of carbonyl (C=O) groups is 2. The summed E-state index contributed by atoms with van der Waals surface area (Å²) >= 11 is 0. The molecule has 0 radical (unpaired) electrons. The third-order valence-electron chi connectivity index (χ3n) is 4.75. The van der Waals surface area contributed by atoms with Crippen LogP contribution >= 0.6 is 0 Å². The van der Waals surface area contributed by atoms with Crippen molar-refractivity contribution in [1.82, 2.24) is 10.2 Å². The van der Waals surface area contributed by atoms with Crippen LogP contribution in [0, 0.1) is 11.6 Å². The number of rotatable bonds is 3. The minimum Gasteiger partial charge on any atom is -0.349 e. The quantitative estimate of drug-likeness (QED) is 0.775. The molecular weight excluding hydrogens is 395 g/mol. The molecule has 0 aliphatic carbocycles. The molecule has 154 valence electrons. The first kappa shape index (κ1) is 20.8. The summed E-state index contributed by atoms with van der Waals surface area (Å²) in [4.78, 5) is 26.1. The van der Waals surface area contributed by atoms with Gasteiger partial charge in [0.1, 0.15) is 11.6 Å². The Morgan fingerprint density at radius 2 is 1.59 bits per heavy atom. The highest BCUT2D eigenvalue weighted by molar-refractivity contribution is 5.95. The average Bonchev–Trinajstić information content (AvgIpc) is 2.67. The second-order valence-electron chi connectivity index (χ2n) is 6.74. The van der Waals surface area contributed by atoms with Crippen LogP contribution in [0.4, 0.5) is 22.0 Å². The molecule has 1 aliphatic heterocycles. The summed E-state index contributed by atoms with van der Waals surface area (Å²) in [5.41, 5.74) is -0.952. The number of hydrogen-bond donors (Lipinski definition) is 1. The number of carbonyl (C=O) groups excluding carboxylic acids is 2. The van der Waals surface area contributed by atoms with Crippen LogP contribution in [-0.4, -0.2) is 35.8 Å². The van der Waals surface area contributed by atoms with E-state index in [0.29, 0.717) is 18.9 Å². The minimum absolute atomic E-state index is 0.147. The van der Waals surface area contributed by atoms with Crippen LogP contribution in [0.2, 0.25) is 0 Å². The Morgan fingerprint density at radius 3 is 2.14 bits per heavy atom. The maximum absolute atomic E-state index is 13.7. The Bertz CT molecular complexity index is 904. The standard InChI is InChI=1S/C20H17F5N2O2/c21-14-5-6-16(17(22)11-14)18(28)26-15-7-9-27(10-8-15)19(29)12-1-3-13(4-2-12)20(23,24)25/h1-6,11,15H,7-10H2,(H,26,28). The van der Waals surface area contributed by atoms with E-state index in [9.17, 15) is 31.5 Å². The lowest BCUT2D eigenvalue weighted by molar-refractivity contribution is -0.137. The number of piperidine rings is 1. The zero-order valence-electron chi connectivity index (χ0n) is 15.1. The highest BCUT2D eigenvalue weighted by atomic mass is 19.4. The number of nitrogens with one attached hydrogen (secondary N) is 1. The lowest BCUT2D eigenvalue weighted by Gasteiger charge is -2.32. The van der Waals surface area contributed by atoms with Gasteiger partial charge in [0.15, 0.2) is 0 Å². The summed E-state index contributed by atoms with van der Waals surface area (Å²) in [6.07, 6.45) is -3.66. The number of benzene rings is 2. The zero-order valence-corrected chi connectivity index (χ0v) is 15.1. The van der Waals surface area contributed by atoms with Gasteiger partial charge in [-0.15, -0.1) is 0 Å². The SMILES string of the molecule is O=C(NC1CCN(C(=O)c2ccc(C(F)(F)F)cc2)CC1)c1ccc(F)cc1F. The van der Waals surface area contributed by atoms with Gasteiger partial charge in [-0.3, -0.25) is 9.59 Å².